The van der Waals surface area contributed by atoms with Crippen LogP contribution in [0.1, 0.15) is 414 Å². The zero-order chi connectivity index (χ0) is 75.8. The minimum Gasteiger partial charge on any atom is -0.462 e. The largest absolute Gasteiger partial charge is 0.472 e. The predicted molar refractivity (Wildman–Crippen MR) is 423 cm³/mol. The van der Waals surface area contributed by atoms with Crippen LogP contribution in [0, 0.1) is 17.8 Å². The Kier molecular flexibility index (Phi) is 71.9. The third-order valence-electron chi connectivity index (χ3n) is 19.0. The van der Waals surface area contributed by atoms with Crippen LogP contribution in [0.2, 0.25) is 0 Å². The lowest BCUT2D eigenvalue weighted by Gasteiger charge is -2.21. The van der Waals surface area contributed by atoms with E-state index in [1.54, 1.807) is 0 Å². The summed E-state index contributed by atoms with van der Waals surface area (Å²) in [7, 11) is -9.94. The van der Waals surface area contributed by atoms with Crippen LogP contribution < -0.4 is 0 Å². The van der Waals surface area contributed by atoms with Gasteiger partial charge in [0.15, 0.2) is 12.2 Å². The van der Waals surface area contributed by atoms with Crippen molar-refractivity contribution in [1.82, 2.24) is 0 Å². The topological polar surface area (TPSA) is 237 Å². The minimum atomic E-state index is -4.97. The van der Waals surface area contributed by atoms with Crippen LogP contribution in [0.15, 0.2) is 24.3 Å². The van der Waals surface area contributed by atoms with Crippen molar-refractivity contribution < 1.29 is 80.2 Å². The molecule has 608 valence electrons. The van der Waals surface area contributed by atoms with Gasteiger partial charge in [0.2, 0.25) is 0 Å². The quantitative estimate of drug-likeness (QED) is 0.0169. The summed E-state index contributed by atoms with van der Waals surface area (Å²) in [4.78, 5) is 73.0. The van der Waals surface area contributed by atoms with Gasteiger partial charge in [-0.15, -0.1) is 0 Å². The molecule has 0 saturated carbocycles. The van der Waals surface area contributed by atoms with Crippen molar-refractivity contribution in [3.63, 3.8) is 0 Å². The van der Waals surface area contributed by atoms with Gasteiger partial charge in [0, 0.05) is 25.7 Å². The Bertz CT molecular complexity index is 2090. The lowest BCUT2D eigenvalue weighted by molar-refractivity contribution is -0.161. The first-order valence-corrected chi connectivity index (χ1v) is 45.7. The summed E-state index contributed by atoms with van der Waals surface area (Å²) < 4.78 is 68.7. The smallest absolute Gasteiger partial charge is 0.462 e. The number of phosphoric ester groups is 2. The normalized spacial score (nSPS) is 14.1. The van der Waals surface area contributed by atoms with E-state index in [1.807, 2.05) is 0 Å². The van der Waals surface area contributed by atoms with Crippen molar-refractivity contribution in [3.8, 4) is 0 Å². The molecule has 3 N–H and O–H groups in total. The number of carbonyl (C=O) groups excluding carboxylic acids is 4. The first-order valence-electron chi connectivity index (χ1n) is 42.7. The number of ether oxygens (including phenoxy) is 4. The number of allylic oxidation sites excluding steroid dienone is 4. The van der Waals surface area contributed by atoms with Gasteiger partial charge >= 0.3 is 39.5 Å². The maximum atomic E-state index is 13.1. The lowest BCUT2D eigenvalue weighted by atomic mass is 10.0. The fourth-order valence-corrected chi connectivity index (χ4v) is 14.1. The van der Waals surface area contributed by atoms with Crippen molar-refractivity contribution in [2.75, 3.05) is 39.6 Å². The van der Waals surface area contributed by atoms with Crippen molar-refractivity contribution in [2.24, 2.45) is 17.8 Å². The molecule has 103 heavy (non-hydrogen) atoms. The molecule has 0 aromatic carbocycles. The summed E-state index contributed by atoms with van der Waals surface area (Å²) >= 11 is 0. The van der Waals surface area contributed by atoms with E-state index in [1.165, 1.54) is 205 Å². The Labute approximate surface area is 631 Å². The van der Waals surface area contributed by atoms with Crippen LogP contribution in [0.3, 0.4) is 0 Å². The van der Waals surface area contributed by atoms with Crippen LogP contribution in [0.5, 0.6) is 0 Å². The van der Waals surface area contributed by atoms with E-state index >= 15 is 0 Å². The molecule has 0 aromatic heterocycles. The Morgan fingerprint density at radius 2 is 0.524 bits per heavy atom. The van der Waals surface area contributed by atoms with E-state index in [0.29, 0.717) is 31.6 Å². The number of carbonyl (C=O) groups is 4. The third kappa shape index (κ3) is 77.5. The molecule has 0 rings (SSSR count). The van der Waals surface area contributed by atoms with Crippen molar-refractivity contribution >= 4 is 39.5 Å². The van der Waals surface area contributed by atoms with Crippen molar-refractivity contribution in [3.05, 3.63) is 24.3 Å². The van der Waals surface area contributed by atoms with Crippen LogP contribution in [-0.2, 0) is 65.4 Å². The van der Waals surface area contributed by atoms with Gasteiger partial charge in [0.25, 0.3) is 0 Å². The van der Waals surface area contributed by atoms with Gasteiger partial charge < -0.3 is 33.8 Å². The second kappa shape index (κ2) is 73.7. The Morgan fingerprint density at radius 3 is 0.786 bits per heavy atom. The maximum Gasteiger partial charge on any atom is 0.472 e. The molecule has 3 unspecified atom stereocenters. The first-order chi connectivity index (χ1) is 49.7. The van der Waals surface area contributed by atoms with Gasteiger partial charge in [-0.3, -0.25) is 37.3 Å². The molecule has 0 aliphatic rings. The maximum absolute atomic E-state index is 13.1. The molecule has 17 nitrogen and oxygen atoms in total. The van der Waals surface area contributed by atoms with Crippen molar-refractivity contribution in [1.29, 1.82) is 0 Å². The summed E-state index contributed by atoms with van der Waals surface area (Å²) in [5.41, 5.74) is 0. The van der Waals surface area contributed by atoms with E-state index < -0.39 is 97.5 Å². The Morgan fingerprint density at radius 1 is 0.301 bits per heavy atom. The highest BCUT2D eigenvalue weighted by molar-refractivity contribution is 7.47. The number of esters is 4. The Hall–Kier alpha value is -2.46. The molecule has 0 heterocycles. The highest BCUT2D eigenvalue weighted by Crippen LogP contribution is 2.45. The second-order valence-corrected chi connectivity index (χ2v) is 33.9. The number of rotatable bonds is 80. The summed E-state index contributed by atoms with van der Waals surface area (Å²) in [6, 6.07) is 0. The average molecular weight is 1500 g/mol. The number of phosphoric acid groups is 2. The summed E-state index contributed by atoms with van der Waals surface area (Å²) in [5.74, 6) is 0.160. The minimum absolute atomic E-state index is 0.0853. The number of aliphatic hydroxyl groups excluding tert-OH is 1. The number of hydrogen-bond acceptors (Lipinski definition) is 15. The summed E-state index contributed by atoms with van der Waals surface area (Å²) in [5, 5.41) is 10.6. The molecule has 19 heteroatoms. The van der Waals surface area contributed by atoms with E-state index in [2.05, 4.69) is 72.8 Å². The monoisotopic (exact) mass is 1500 g/mol. The van der Waals surface area contributed by atoms with Gasteiger partial charge in [-0.25, -0.2) is 9.13 Å². The van der Waals surface area contributed by atoms with E-state index in [-0.39, 0.29) is 25.7 Å². The standard InChI is InChI=1S/C84H160O17P2/c1-8-9-10-11-12-13-14-15-21-29-34-39-44-53-60-67-83(88)100-79(71-94-81(86)65-58-51-43-38-33-28-24-19-17-16-18-22-26-31-36-41-48-55-62-75(2)3)73-98-102(90,91)96-69-78(85)70-97-103(92,93)99-74-80(72-95-82(87)66-59-52-47-46-50-57-64-77(6)7)101-84(89)68-61-54-45-40-35-30-25-20-23-27-32-37-42-49-56-63-76(4)5/h13-15,21,75-80,85H,8-12,16-20,22-74H2,1-7H3,(H,90,91)(H,92,93)/b14-13-,21-15-/t78?,79-,80-/m1/s1. The summed E-state index contributed by atoms with van der Waals surface area (Å²) in [6.07, 6.45) is 66.3. The number of hydrogen-bond donors (Lipinski definition) is 3. The van der Waals surface area contributed by atoms with E-state index in [9.17, 15) is 43.2 Å². The highest BCUT2D eigenvalue weighted by Gasteiger charge is 2.30. The Balaban J connectivity index is 5.22. The van der Waals surface area contributed by atoms with Crippen LogP contribution >= 0.6 is 15.6 Å². The van der Waals surface area contributed by atoms with Crippen LogP contribution in [-0.4, -0.2) is 96.7 Å². The predicted octanol–water partition coefficient (Wildman–Crippen LogP) is 24.9. The zero-order valence-electron chi connectivity index (χ0n) is 67.3. The molecule has 0 saturated heterocycles. The first kappa shape index (κ1) is 101. The fourth-order valence-electron chi connectivity index (χ4n) is 12.5. The summed E-state index contributed by atoms with van der Waals surface area (Å²) in [6.45, 7) is 11.9. The third-order valence-corrected chi connectivity index (χ3v) is 20.9. The molecule has 0 spiro atoms. The molecule has 0 fully saturated rings. The second-order valence-electron chi connectivity index (χ2n) is 31.0. The molecular weight excluding hydrogens is 1340 g/mol. The van der Waals surface area contributed by atoms with Gasteiger partial charge in [0.05, 0.1) is 26.4 Å². The van der Waals surface area contributed by atoms with Crippen LogP contribution in [0.4, 0.5) is 0 Å². The van der Waals surface area contributed by atoms with Gasteiger partial charge in [0.1, 0.15) is 19.3 Å². The zero-order valence-corrected chi connectivity index (χ0v) is 69.1. The van der Waals surface area contributed by atoms with Gasteiger partial charge in [-0.1, -0.05) is 362 Å². The van der Waals surface area contributed by atoms with E-state index in [0.717, 1.165) is 121 Å². The molecule has 0 aromatic rings. The number of aliphatic hydroxyl groups is 1. The van der Waals surface area contributed by atoms with E-state index in [4.69, 9.17) is 37.0 Å². The molecule has 0 aliphatic heterocycles. The molecule has 0 amide bonds. The molecular formula is C84H160O17P2. The van der Waals surface area contributed by atoms with Crippen LogP contribution in [0.25, 0.3) is 0 Å². The SMILES string of the molecule is CCCCCC/C=C\C=C/CCCCCCCC(=O)O[C@H](COC(=O)CCCCCCCCCCCCCCCCCCCCC(C)C)COP(=O)(O)OCC(O)COP(=O)(O)OC[C@@H](COC(=O)CCCCCCCCC(C)C)OC(=O)CCCCCCCCCCCCCCCCCC(C)C. The number of unbranched alkanes of at least 4 members (excludes halogenated alkanes) is 45. The molecule has 0 radical (unpaired) electrons. The fraction of sp³-hybridized carbons (Fsp3) is 0.905. The molecule has 0 aliphatic carbocycles. The molecule has 5 atom stereocenters. The van der Waals surface area contributed by atoms with Gasteiger partial charge in [-0.2, -0.15) is 0 Å². The highest BCUT2D eigenvalue weighted by atomic mass is 31.2. The molecule has 0 bridgehead atoms. The average Bonchev–Trinajstić information content (AvgIpc) is 0.916. The van der Waals surface area contributed by atoms with Crippen molar-refractivity contribution in [2.45, 2.75) is 433 Å². The lowest BCUT2D eigenvalue weighted by Crippen LogP contribution is -2.30. The van der Waals surface area contributed by atoms with Gasteiger partial charge in [-0.05, 0) is 69.1 Å².